The van der Waals surface area contributed by atoms with Crippen LogP contribution in [0.25, 0.3) is 0 Å². The molecule has 0 radical (unpaired) electrons. The molecule has 0 amide bonds. The average Bonchev–Trinajstić information content (AvgIpc) is 2.67. The normalized spacial score (nSPS) is 11.1. The van der Waals surface area contributed by atoms with E-state index in [0.29, 0.717) is 19.8 Å². The van der Waals surface area contributed by atoms with Crippen molar-refractivity contribution in [2.24, 2.45) is 4.99 Å². The molecular weight excluding hydrogens is 457 g/mol. The third kappa shape index (κ3) is 13.8. The van der Waals surface area contributed by atoms with Gasteiger partial charge >= 0.3 is 0 Å². The first kappa shape index (κ1) is 26.1. The first-order chi connectivity index (χ1) is 12.8. The van der Waals surface area contributed by atoms with E-state index in [-0.39, 0.29) is 24.0 Å². The Balaban J connectivity index is 0.00000676. The number of ether oxygens (including phenoxy) is 3. The first-order valence-electron chi connectivity index (χ1n) is 9.55. The van der Waals surface area contributed by atoms with Crippen molar-refractivity contribution >= 4 is 29.9 Å². The van der Waals surface area contributed by atoms with Gasteiger partial charge < -0.3 is 24.8 Å². The van der Waals surface area contributed by atoms with Crippen LogP contribution in [0.4, 0.5) is 0 Å². The topological polar surface area (TPSA) is 64.1 Å². The van der Waals surface area contributed by atoms with Gasteiger partial charge in [-0.1, -0.05) is 24.3 Å². The zero-order chi connectivity index (χ0) is 18.9. The van der Waals surface area contributed by atoms with Gasteiger partial charge in [-0.05, 0) is 37.8 Å². The Kier molecular flexibility index (Phi) is 17.8. The quantitative estimate of drug-likeness (QED) is 0.180. The molecule has 0 aliphatic rings. The minimum Gasteiger partial charge on any atom is -0.382 e. The van der Waals surface area contributed by atoms with E-state index in [1.807, 2.05) is 13.8 Å². The second-order valence-corrected chi connectivity index (χ2v) is 5.83. The SMILES string of the molecule is CCOCCCCNC(=NC)NCc1cccc(COCCOCC)c1.I. The molecular formula is C20H36IN3O3. The van der Waals surface area contributed by atoms with E-state index >= 15 is 0 Å². The average molecular weight is 493 g/mol. The van der Waals surface area contributed by atoms with Crippen LogP contribution in [0.2, 0.25) is 0 Å². The van der Waals surface area contributed by atoms with Crippen molar-refractivity contribution in [2.75, 3.05) is 46.6 Å². The third-order valence-electron chi connectivity index (χ3n) is 3.73. The molecule has 0 saturated heterocycles. The molecule has 6 nitrogen and oxygen atoms in total. The number of nitrogens with zero attached hydrogens (tertiary/aromatic N) is 1. The predicted molar refractivity (Wildman–Crippen MR) is 122 cm³/mol. The molecule has 0 aliphatic carbocycles. The van der Waals surface area contributed by atoms with Gasteiger partial charge in [-0.15, -0.1) is 24.0 Å². The molecule has 0 aliphatic heterocycles. The van der Waals surface area contributed by atoms with Crippen molar-refractivity contribution < 1.29 is 14.2 Å². The molecule has 1 aromatic rings. The first-order valence-corrected chi connectivity index (χ1v) is 9.55. The van der Waals surface area contributed by atoms with Crippen LogP contribution in [0.3, 0.4) is 0 Å². The maximum Gasteiger partial charge on any atom is 0.191 e. The number of rotatable bonds is 14. The highest BCUT2D eigenvalue weighted by Crippen LogP contribution is 2.06. The van der Waals surface area contributed by atoms with Crippen molar-refractivity contribution in [3.63, 3.8) is 0 Å². The van der Waals surface area contributed by atoms with E-state index in [0.717, 1.165) is 51.7 Å². The molecule has 1 aromatic carbocycles. The number of nitrogens with one attached hydrogen (secondary N) is 2. The summed E-state index contributed by atoms with van der Waals surface area (Å²) in [5, 5.41) is 6.68. The minimum atomic E-state index is 0. The van der Waals surface area contributed by atoms with Gasteiger partial charge in [0, 0.05) is 40.0 Å². The molecule has 0 saturated carbocycles. The van der Waals surface area contributed by atoms with Crippen molar-refractivity contribution in [2.45, 2.75) is 39.8 Å². The van der Waals surface area contributed by atoms with Gasteiger partial charge in [0.25, 0.3) is 0 Å². The van der Waals surface area contributed by atoms with Gasteiger partial charge in [-0.25, -0.2) is 0 Å². The summed E-state index contributed by atoms with van der Waals surface area (Å²) in [6.07, 6.45) is 2.12. The number of benzene rings is 1. The van der Waals surface area contributed by atoms with Crippen LogP contribution >= 0.6 is 24.0 Å². The second-order valence-electron chi connectivity index (χ2n) is 5.83. The smallest absolute Gasteiger partial charge is 0.191 e. The Bertz CT molecular complexity index is 501. The molecule has 1 rings (SSSR count). The number of hydrogen-bond acceptors (Lipinski definition) is 4. The van der Waals surface area contributed by atoms with Gasteiger partial charge in [-0.2, -0.15) is 0 Å². The lowest BCUT2D eigenvalue weighted by Crippen LogP contribution is -2.37. The van der Waals surface area contributed by atoms with Crippen LogP contribution in [0.15, 0.2) is 29.3 Å². The maximum absolute atomic E-state index is 5.63. The zero-order valence-corrected chi connectivity index (χ0v) is 19.3. The van der Waals surface area contributed by atoms with Gasteiger partial charge in [0.2, 0.25) is 0 Å². The van der Waals surface area contributed by atoms with Crippen molar-refractivity contribution in [1.29, 1.82) is 0 Å². The molecule has 0 fully saturated rings. The van der Waals surface area contributed by atoms with Crippen LogP contribution in [-0.2, 0) is 27.4 Å². The lowest BCUT2D eigenvalue weighted by Gasteiger charge is -2.12. The Hall–Kier alpha value is -0.900. The summed E-state index contributed by atoms with van der Waals surface area (Å²) in [4.78, 5) is 4.26. The number of hydrogen-bond donors (Lipinski definition) is 2. The van der Waals surface area contributed by atoms with Gasteiger partial charge in [0.1, 0.15) is 0 Å². The van der Waals surface area contributed by atoms with Crippen LogP contribution in [0.5, 0.6) is 0 Å². The number of unbranched alkanes of at least 4 members (excludes halogenated alkanes) is 1. The summed E-state index contributed by atoms with van der Waals surface area (Å²) < 4.78 is 16.2. The van der Waals surface area contributed by atoms with E-state index in [1.54, 1.807) is 7.05 Å². The third-order valence-corrected chi connectivity index (χ3v) is 3.73. The van der Waals surface area contributed by atoms with Gasteiger partial charge in [0.15, 0.2) is 5.96 Å². The highest BCUT2D eigenvalue weighted by Gasteiger charge is 2.00. The maximum atomic E-state index is 5.63. The van der Waals surface area contributed by atoms with Crippen LogP contribution in [0, 0.1) is 0 Å². The lowest BCUT2D eigenvalue weighted by molar-refractivity contribution is 0.0453. The van der Waals surface area contributed by atoms with Gasteiger partial charge in [0.05, 0.1) is 19.8 Å². The van der Waals surface area contributed by atoms with Crippen LogP contribution < -0.4 is 10.6 Å². The molecule has 0 heterocycles. The molecule has 156 valence electrons. The Morgan fingerprint density at radius 2 is 1.63 bits per heavy atom. The fraction of sp³-hybridized carbons (Fsp3) is 0.650. The summed E-state index contributed by atoms with van der Waals surface area (Å²) in [5.74, 6) is 0.819. The fourth-order valence-corrected chi connectivity index (χ4v) is 2.37. The largest absolute Gasteiger partial charge is 0.382 e. The summed E-state index contributed by atoms with van der Waals surface area (Å²) in [6, 6.07) is 8.40. The molecule has 0 unspecified atom stereocenters. The predicted octanol–water partition coefficient (Wildman–Crippen LogP) is 3.34. The summed E-state index contributed by atoms with van der Waals surface area (Å²) >= 11 is 0. The second kappa shape index (κ2) is 18.5. The highest BCUT2D eigenvalue weighted by molar-refractivity contribution is 14.0. The number of halogens is 1. The van der Waals surface area contributed by atoms with Crippen molar-refractivity contribution in [1.82, 2.24) is 10.6 Å². The van der Waals surface area contributed by atoms with E-state index in [9.17, 15) is 0 Å². The van der Waals surface area contributed by atoms with E-state index in [2.05, 4.69) is 39.9 Å². The molecule has 2 N–H and O–H groups in total. The molecule has 7 heteroatoms. The summed E-state index contributed by atoms with van der Waals surface area (Å²) in [7, 11) is 1.79. The Morgan fingerprint density at radius 1 is 0.926 bits per heavy atom. The molecule has 0 bridgehead atoms. The summed E-state index contributed by atoms with van der Waals surface area (Å²) in [6.45, 7) is 9.83. The van der Waals surface area contributed by atoms with E-state index < -0.39 is 0 Å². The Morgan fingerprint density at radius 3 is 2.37 bits per heavy atom. The van der Waals surface area contributed by atoms with Gasteiger partial charge in [-0.3, -0.25) is 4.99 Å². The molecule has 0 aromatic heterocycles. The lowest BCUT2D eigenvalue weighted by atomic mass is 10.1. The highest BCUT2D eigenvalue weighted by atomic mass is 127. The standard InChI is InChI=1S/C20H35N3O3.HI/c1-4-24-12-7-6-11-22-20(21-3)23-16-18-9-8-10-19(15-18)17-26-14-13-25-5-2;/h8-10,15H,4-7,11-14,16-17H2,1-3H3,(H2,21,22,23);1H. The monoisotopic (exact) mass is 493 g/mol. The minimum absolute atomic E-state index is 0. The van der Waals surface area contributed by atoms with E-state index in [4.69, 9.17) is 14.2 Å². The molecule has 0 atom stereocenters. The summed E-state index contributed by atoms with van der Waals surface area (Å²) in [5.41, 5.74) is 2.37. The number of aliphatic imine (C=N–C) groups is 1. The Labute approximate surface area is 181 Å². The van der Waals surface area contributed by atoms with Crippen LogP contribution in [-0.4, -0.2) is 52.6 Å². The van der Waals surface area contributed by atoms with Crippen molar-refractivity contribution in [3.05, 3.63) is 35.4 Å². The molecule has 0 spiro atoms. The fourth-order valence-electron chi connectivity index (χ4n) is 2.37. The number of guanidine groups is 1. The zero-order valence-electron chi connectivity index (χ0n) is 17.0. The van der Waals surface area contributed by atoms with Crippen molar-refractivity contribution in [3.8, 4) is 0 Å². The molecule has 27 heavy (non-hydrogen) atoms. The van der Waals surface area contributed by atoms with E-state index in [1.165, 1.54) is 11.1 Å². The van der Waals surface area contributed by atoms with Crippen LogP contribution in [0.1, 0.15) is 37.8 Å².